The van der Waals surface area contributed by atoms with E-state index in [1.807, 2.05) is 49.3 Å². The number of anilines is 1. The molecule has 17 heteroatoms. The van der Waals surface area contributed by atoms with E-state index < -0.39 is 74.3 Å². The zero-order valence-corrected chi connectivity index (χ0v) is 32.5. The normalized spacial score (nSPS) is 27.0. The number of allylic oxidation sites excluding steroid dienone is 1. The first-order valence-electron chi connectivity index (χ1n) is 18.4. The molecule has 2 aromatic rings. The van der Waals surface area contributed by atoms with Crippen molar-refractivity contribution in [2.24, 2.45) is 5.92 Å². The van der Waals surface area contributed by atoms with Crippen LogP contribution >= 0.6 is 0 Å². The number of ether oxygens (including phenoxy) is 3. The van der Waals surface area contributed by atoms with Crippen LogP contribution in [0.3, 0.4) is 0 Å². The monoisotopic (exact) mass is 769 g/mol. The topological polar surface area (TPSA) is 198 Å². The third-order valence-electron chi connectivity index (χ3n) is 9.97. The van der Waals surface area contributed by atoms with E-state index in [2.05, 4.69) is 20.7 Å². The van der Waals surface area contributed by atoms with Gasteiger partial charge in [-0.15, -0.1) is 0 Å². The lowest BCUT2D eigenvalue weighted by molar-refractivity contribution is -0.141. The molecule has 54 heavy (non-hydrogen) atoms. The van der Waals surface area contributed by atoms with Crippen LogP contribution in [0.25, 0.3) is 10.8 Å². The summed E-state index contributed by atoms with van der Waals surface area (Å²) in [4.78, 5) is 63.5. The Morgan fingerprint density at radius 2 is 1.89 bits per heavy atom. The highest BCUT2D eigenvalue weighted by Gasteiger charge is 2.62. The van der Waals surface area contributed by atoms with Gasteiger partial charge in [-0.2, -0.15) is 4.98 Å². The maximum atomic E-state index is 14.5. The first-order valence-corrected chi connectivity index (χ1v) is 19.9. The van der Waals surface area contributed by atoms with Gasteiger partial charge >= 0.3 is 6.09 Å². The van der Waals surface area contributed by atoms with Crippen LogP contribution in [0.1, 0.15) is 59.3 Å². The smallest absolute Gasteiger partial charge is 0.408 e. The molecule has 16 nitrogen and oxygen atoms in total. The predicted molar refractivity (Wildman–Crippen MR) is 201 cm³/mol. The second-order valence-electron chi connectivity index (χ2n) is 15.7. The fourth-order valence-electron chi connectivity index (χ4n) is 6.84. The van der Waals surface area contributed by atoms with Gasteiger partial charge in [0.2, 0.25) is 27.7 Å². The largest absolute Gasteiger partial charge is 0.497 e. The van der Waals surface area contributed by atoms with Crippen molar-refractivity contribution < 1.29 is 41.8 Å². The van der Waals surface area contributed by atoms with Crippen LogP contribution in [0.2, 0.25) is 0 Å². The van der Waals surface area contributed by atoms with Crippen LogP contribution in [0, 0.1) is 5.92 Å². The number of hydrogen-bond acceptors (Lipinski definition) is 12. The number of alkyl carbamates (subject to hydrolysis) is 1. The molecule has 2 saturated carbocycles. The van der Waals surface area contributed by atoms with E-state index in [4.69, 9.17) is 19.2 Å². The van der Waals surface area contributed by atoms with E-state index in [9.17, 15) is 27.6 Å². The van der Waals surface area contributed by atoms with Crippen molar-refractivity contribution in [2.45, 2.75) is 93.9 Å². The molecule has 2 aliphatic heterocycles. The maximum Gasteiger partial charge on any atom is 0.408 e. The number of rotatable bonds is 8. The molecule has 1 unspecified atom stereocenters. The number of methoxy groups -OCH3 is 1. The Morgan fingerprint density at radius 1 is 1.13 bits per heavy atom. The molecule has 0 radical (unpaired) electrons. The maximum absolute atomic E-state index is 14.5. The number of nitrogens with zero attached hydrogens (tertiary/aromatic N) is 3. The summed E-state index contributed by atoms with van der Waals surface area (Å²) in [5, 5.41) is 9.66. The minimum atomic E-state index is -3.90. The molecule has 6 rings (SSSR count). The zero-order chi connectivity index (χ0) is 39.0. The van der Waals surface area contributed by atoms with Crippen LogP contribution in [-0.2, 0) is 29.1 Å². The highest BCUT2D eigenvalue weighted by Crippen LogP contribution is 2.46. The molecular formula is C37H51N7O9S. The summed E-state index contributed by atoms with van der Waals surface area (Å²) < 4.78 is 45.3. The van der Waals surface area contributed by atoms with Crippen molar-refractivity contribution in [3.8, 4) is 11.6 Å². The van der Waals surface area contributed by atoms with Crippen LogP contribution < -0.4 is 35.0 Å². The molecule has 0 spiro atoms. The van der Waals surface area contributed by atoms with Crippen LogP contribution in [-0.4, -0.2) is 118 Å². The van der Waals surface area contributed by atoms with Crippen molar-refractivity contribution in [3.05, 3.63) is 36.4 Å². The molecular weight excluding hydrogens is 719 g/mol. The lowest BCUT2D eigenvalue weighted by Crippen LogP contribution is -2.59. The third-order valence-corrected chi connectivity index (χ3v) is 11.8. The van der Waals surface area contributed by atoms with Crippen molar-refractivity contribution in [1.29, 1.82) is 0 Å². The van der Waals surface area contributed by atoms with E-state index in [0.717, 1.165) is 5.39 Å². The summed E-state index contributed by atoms with van der Waals surface area (Å²) in [6.07, 6.45) is 4.67. The summed E-state index contributed by atoms with van der Waals surface area (Å²) in [6.45, 7) is 5.67. The first kappa shape index (κ1) is 39.1. The molecule has 4 amide bonds. The summed E-state index contributed by atoms with van der Waals surface area (Å²) >= 11 is 0. The Hall–Kier alpha value is -4.64. The van der Waals surface area contributed by atoms with Crippen molar-refractivity contribution in [3.63, 3.8) is 0 Å². The van der Waals surface area contributed by atoms with Gasteiger partial charge in [-0.25, -0.2) is 13.2 Å². The molecule has 5 atom stereocenters. The number of fused-ring (bicyclic) bond motifs is 3. The predicted octanol–water partition coefficient (Wildman–Crippen LogP) is 1.97. The minimum Gasteiger partial charge on any atom is -0.497 e. The quantitative estimate of drug-likeness (QED) is 0.286. The Labute approximate surface area is 315 Å². The number of pyridine rings is 1. The SMILES string of the molecule is COc1ccc2c(OC3C[C@H]4C(=O)N[C@]5(C(=O)NS(=O)(=O)C6CC6)C[C@H]5/C=C\CCCNC[C@H](NC(=O)OC(C)(C)C)C(=O)N4C3)nc(N(C)C)cc2c1. The fourth-order valence-corrected chi connectivity index (χ4v) is 8.20. The molecule has 1 aromatic carbocycles. The van der Waals surface area contributed by atoms with E-state index in [1.54, 1.807) is 33.9 Å². The average Bonchev–Trinajstić information content (AvgIpc) is 4.02. The van der Waals surface area contributed by atoms with Gasteiger partial charge in [0.05, 0.1) is 18.9 Å². The Kier molecular flexibility index (Phi) is 11.0. The van der Waals surface area contributed by atoms with Gasteiger partial charge in [0, 0.05) is 38.4 Å². The molecule has 1 aromatic heterocycles. The number of benzene rings is 1. The Balaban J connectivity index is 1.34. The summed E-state index contributed by atoms with van der Waals surface area (Å²) in [5.74, 6) is -0.906. The van der Waals surface area contributed by atoms with E-state index in [0.29, 0.717) is 49.2 Å². The number of sulfonamides is 1. The lowest BCUT2D eigenvalue weighted by atomic mass is 10.1. The van der Waals surface area contributed by atoms with E-state index in [-0.39, 0.29) is 31.8 Å². The molecule has 3 heterocycles. The number of hydrogen-bond donors (Lipinski definition) is 4. The van der Waals surface area contributed by atoms with E-state index in [1.165, 1.54) is 4.90 Å². The van der Waals surface area contributed by atoms with Gasteiger partial charge in [-0.1, -0.05) is 12.2 Å². The molecule has 294 valence electrons. The van der Waals surface area contributed by atoms with Gasteiger partial charge in [0.15, 0.2) is 0 Å². The number of nitrogens with one attached hydrogen (secondary N) is 4. The van der Waals surface area contributed by atoms with Crippen LogP contribution in [0.5, 0.6) is 11.6 Å². The molecule has 1 saturated heterocycles. The van der Waals surface area contributed by atoms with Gasteiger partial charge in [0.25, 0.3) is 5.91 Å². The zero-order valence-electron chi connectivity index (χ0n) is 31.6. The summed E-state index contributed by atoms with van der Waals surface area (Å²) in [5.41, 5.74) is -2.35. The van der Waals surface area contributed by atoms with Gasteiger partial charge in [-0.05, 0) is 89.1 Å². The summed E-state index contributed by atoms with van der Waals surface area (Å²) in [6, 6.07) is 5.11. The standard InChI is InChI=1S/C37H51N7O9S/c1-36(2,3)53-35(48)39-28-20-38-15-9-7-8-10-23-19-37(23,34(47)42-54(49,50)26-12-13-26)41-31(45)29-18-25(21-44(29)33(28)46)52-32-27-14-11-24(51-6)16-22(27)17-30(40-32)43(4)5/h8,10-11,14,16-17,23,25-26,28-29,38H,7,9,12-13,15,18-21H2,1-6H3,(H,39,48)(H,41,45)(H,42,47)/b10-8-/t23-,25?,28+,29+,37-/m1/s1. The minimum absolute atomic E-state index is 0.0221. The molecule has 4 aliphatic rings. The Morgan fingerprint density at radius 3 is 2.57 bits per heavy atom. The fraction of sp³-hybridized carbons (Fsp3) is 0.595. The van der Waals surface area contributed by atoms with Crippen molar-refractivity contribution >= 4 is 50.4 Å². The highest BCUT2D eigenvalue weighted by atomic mass is 32.2. The van der Waals surface area contributed by atoms with Crippen molar-refractivity contribution in [1.82, 2.24) is 30.6 Å². The average molecular weight is 770 g/mol. The molecule has 4 N–H and O–H groups in total. The molecule has 0 bridgehead atoms. The van der Waals surface area contributed by atoms with Crippen LogP contribution in [0.15, 0.2) is 36.4 Å². The van der Waals surface area contributed by atoms with Gasteiger partial charge in [0.1, 0.15) is 40.9 Å². The first-order chi connectivity index (χ1) is 25.5. The number of carbonyl (C=O) groups is 4. The number of amides is 4. The second kappa shape index (κ2) is 15.2. The third kappa shape index (κ3) is 8.83. The Bertz CT molecular complexity index is 1930. The highest BCUT2D eigenvalue weighted by molar-refractivity contribution is 7.91. The van der Waals surface area contributed by atoms with Crippen LogP contribution in [0.4, 0.5) is 10.6 Å². The van der Waals surface area contributed by atoms with Gasteiger partial charge in [-0.3, -0.25) is 19.1 Å². The molecule has 3 fully saturated rings. The molecule has 2 aliphatic carbocycles. The van der Waals surface area contributed by atoms with E-state index >= 15 is 0 Å². The summed E-state index contributed by atoms with van der Waals surface area (Å²) in [7, 11) is 1.37. The van der Waals surface area contributed by atoms with Crippen molar-refractivity contribution in [2.75, 3.05) is 45.7 Å². The number of carbonyl (C=O) groups excluding carboxylic acids is 4. The second-order valence-corrected chi connectivity index (χ2v) is 17.6. The number of aromatic nitrogens is 1. The van der Waals surface area contributed by atoms with Gasteiger partial charge < -0.3 is 40.0 Å². The lowest BCUT2D eigenvalue weighted by Gasteiger charge is -2.30.